The first-order valence-electron chi connectivity index (χ1n) is 10.5. The number of amides is 1. The Labute approximate surface area is 186 Å². The third-order valence-electron chi connectivity index (χ3n) is 5.59. The summed E-state index contributed by atoms with van der Waals surface area (Å²) in [6.07, 6.45) is 0. The average molecular weight is 426 g/mol. The summed E-state index contributed by atoms with van der Waals surface area (Å²) in [7, 11) is 0. The second kappa shape index (κ2) is 8.86. The molecule has 4 aromatic rings. The summed E-state index contributed by atoms with van der Waals surface area (Å²) in [5.41, 5.74) is 3.04. The minimum atomic E-state index is 0.0228. The van der Waals surface area contributed by atoms with Crippen LogP contribution in [0.3, 0.4) is 0 Å². The van der Waals surface area contributed by atoms with E-state index in [9.17, 15) is 4.79 Å². The van der Waals surface area contributed by atoms with Gasteiger partial charge in [0.15, 0.2) is 0 Å². The van der Waals surface area contributed by atoms with Crippen LogP contribution < -0.4 is 4.74 Å². The molecule has 3 nitrogen and oxygen atoms in total. The smallest absolute Gasteiger partial charge is 0.255 e. The summed E-state index contributed by atoms with van der Waals surface area (Å²) in [6, 6.07) is 32.3. The van der Waals surface area contributed by atoms with Gasteiger partial charge in [0.1, 0.15) is 17.7 Å². The fourth-order valence-corrected chi connectivity index (χ4v) is 5.25. The molecule has 1 aliphatic rings. The van der Waals surface area contributed by atoms with Crippen LogP contribution >= 0.6 is 11.8 Å². The quantitative estimate of drug-likeness (QED) is 0.375. The molecule has 0 aliphatic carbocycles. The molecule has 154 valence electrons. The molecule has 4 heteroatoms. The first-order valence-corrected chi connectivity index (χ1v) is 11.5. The van der Waals surface area contributed by atoms with Crippen LogP contribution in [-0.2, 0) is 6.61 Å². The molecule has 1 aliphatic heterocycles. The summed E-state index contributed by atoms with van der Waals surface area (Å²) < 4.78 is 5.91. The Morgan fingerprint density at radius 2 is 1.61 bits per heavy atom. The largest absolute Gasteiger partial charge is 0.489 e. The molecule has 4 aromatic carbocycles. The van der Waals surface area contributed by atoms with E-state index in [2.05, 4.69) is 36.4 Å². The van der Waals surface area contributed by atoms with Crippen molar-refractivity contribution < 1.29 is 9.53 Å². The van der Waals surface area contributed by atoms with Crippen molar-refractivity contribution in [2.45, 2.75) is 12.0 Å². The van der Waals surface area contributed by atoms with Gasteiger partial charge in [0.25, 0.3) is 5.91 Å². The van der Waals surface area contributed by atoms with E-state index < -0.39 is 0 Å². The molecule has 31 heavy (non-hydrogen) atoms. The molecule has 1 saturated heterocycles. The molecule has 0 aromatic heterocycles. The fraction of sp³-hybridized carbons (Fsp3) is 0.148. The highest BCUT2D eigenvalue weighted by atomic mass is 32.2. The van der Waals surface area contributed by atoms with E-state index >= 15 is 0 Å². The third-order valence-corrected chi connectivity index (χ3v) is 6.85. The summed E-state index contributed by atoms with van der Waals surface area (Å²) in [5, 5.41) is 2.13. The minimum Gasteiger partial charge on any atom is -0.489 e. The van der Waals surface area contributed by atoms with Crippen LogP contribution in [0.25, 0.3) is 10.8 Å². The molecule has 1 heterocycles. The second-order valence-corrected chi connectivity index (χ2v) is 8.78. The van der Waals surface area contributed by atoms with Gasteiger partial charge in [-0.15, -0.1) is 11.8 Å². The number of nitrogens with zero attached hydrogens (tertiary/aromatic N) is 1. The molecule has 0 saturated carbocycles. The van der Waals surface area contributed by atoms with Crippen LogP contribution in [0.1, 0.15) is 26.9 Å². The predicted molar refractivity (Wildman–Crippen MR) is 127 cm³/mol. The molecule has 5 rings (SSSR count). The molecule has 0 bridgehead atoms. The van der Waals surface area contributed by atoms with E-state index in [0.29, 0.717) is 6.61 Å². The number of hydrogen-bond donors (Lipinski definition) is 0. The zero-order valence-corrected chi connectivity index (χ0v) is 17.9. The van der Waals surface area contributed by atoms with E-state index in [1.54, 1.807) is 0 Å². The molecule has 1 fully saturated rings. The number of carbonyl (C=O) groups excluding carboxylic acids is 1. The fourth-order valence-electron chi connectivity index (χ4n) is 3.99. The summed E-state index contributed by atoms with van der Waals surface area (Å²) in [6.45, 7) is 1.30. The van der Waals surface area contributed by atoms with Crippen molar-refractivity contribution in [1.82, 2.24) is 4.90 Å². The normalized spacial score (nSPS) is 15.9. The number of carbonyl (C=O) groups is 1. The summed E-state index contributed by atoms with van der Waals surface area (Å²) in [5.74, 6) is 1.87. The van der Waals surface area contributed by atoms with Gasteiger partial charge in [-0.2, -0.15) is 0 Å². The number of hydrogen-bond acceptors (Lipinski definition) is 3. The molecular weight excluding hydrogens is 402 g/mol. The second-order valence-electron chi connectivity index (χ2n) is 7.59. The van der Waals surface area contributed by atoms with Crippen molar-refractivity contribution in [3.05, 3.63) is 114 Å². The van der Waals surface area contributed by atoms with Crippen molar-refractivity contribution >= 4 is 28.4 Å². The maximum absolute atomic E-state index is 13.5. The highest BCUT2D eigenvalue weighted by molar-refractivity contribution is 7.99. The zero-order chi connectivity index (χ0) is 21.0. The number of ether oxygens (including phenoxy) is 1. The van der Waals surface area contributed by atoms with Crippen LogP contribution in [-0.4, -0.2) is 23.1 Å². The highest BCUT2D eigenvalue weighted by Gasteiger charge is 2.31. The number of rotatable bonds is 5. The van der Waals surface area contributed by atoms with Crippen molar-refractivity contribution in [3.8, 4) is 5.75 Å². The first kappa shape index (κ1) is 19.7. The minimum absolute atomic E-state index is 0.0228. The van der Waals surface area contributed by atoms with Crippen molar-refractivity contribution in [3.63, 3.8) is 0 Å². The van der Waals surface area contributed by atoms with Gasteiger partial charge in [0, 0.05) is 17.9 Å². The lowest BCUT2D eigenvalue weighted by Crippen LogP contribution is -2.30. The van der Waals surface area contributed by atoms with Gasteiger partial charge in [-0.25, -0.2) is 0 Å². The Kier molecular flexibility index (Phi) is 5.63. The maximum atomic E-state index is 13.5. The van der Waals surface area contributed by atoms with Gasteiger partial charge >= 0.3 is 0 Å². The van der Waals surface area contributed by atoms with Crippen molar-refractivity contribution in [1.29, 1.82) is 0 Å². The Hall–Kier alpha value is -3.24. The van der Waals surface area contributed by atoms with E-state index in [-0.39, 0.29) is 11.3 Å². The maximum Gasteiger partial charge on any atom is 0.255 e. The van der Waals surface area contributed by atoms with Gasteiger partial charge in [0.05, 0.1) is 0 Å². The Balaban J connectivity index is 1.33. The van der Waals surface area contributed by atoms with Crippen LogP contribution in [0.4, 0.5) is 0 Å². The lowest BCUT2D eigenvalue weighted by molar-refractivity contribution is 0.0762. The molecule has 1 atom stereocenters. The molecule has 0 spiro atoms. The number of benzene rings is 4. The molecule has 0 N–H and O–H groups in total. The van der Waals surface area contributed by atoms with Gasteiger partial charge < -0.3 is 9.64 Å². The topological polar surface area (TPSA) is 29.5 Å². The number of fused-ring (bicyclic) bond motifs is 1. The van der Waals surface area contributed by atoms with Gasteiger partial charge in [-0.1, -0.05) is 78.9 Å². The average Bonchev–Trinajstić information content (AvgIpc) is 3.33. The highest BCUT2D eigenvalue weighted by Crippen LogP contribution is 2.39. The van der Waals surface area contributed by atoms with Gasteiger partial charge in [-0.3, -0.25) is 4.79 Å². The van der Waals surface area contributed by atoms with Crippen LogP contribution in [0.15, 0.2) is 97.1 Å². The van der Waals surface area contributed by atoms with E-state index in [1.807, 2.05) is 77.3 Å². The first-order chi connectivity index (χ1) is 15.3. The van der Waals surface area contributed by atoms with Crippen LogP contribution in [0.2, 0.25) is 0 Å². The van der Waals surface area contributed by atoms with Crippen LogP contribution in [0, 0.1) is 0 Å². The standard InChI is InChI=1S/C27H23NO2S/c29-26(25-12-6-10-21-9-4-5-11-24(21)25)28-17-18-31-27(28)22-13-15-23(16-14-22)30-19-20-7-2-1-3-8-20/h1-16,27H,17-19H2. The SMILES string of the molecule is O=C(c1cccc2ccccc12)N1CCSC1c1ccc(OCc2ccccc2)cc1. The summed E-state index contributed by atoms with van der Waals surface area (Å²) >= 11 is 1.81. The van der Waals surface area contributed by atoms with Gasteiger partial charge in [0.2, 0.25) is 0 Å². The number of thioether (sulfide) groups is 1. The van der Waals surface area contributed by atoms with Crippen LogP contribution in [0.5, 0.6) is 5.75 Å². The Bertz CT molecular complexity index is 1190. The van der Waals surface area contributed by atoms with Gasteiger partial charge in [-0.05, 0) is 40.1 Å². The molecular formula is C27H23NO2S. The van der Waals surface area contributed by atoms with E-state index in [4.69, 9.17) is 4.74 Å². The molecule has 1 unspecified atom stereocenters. The Morgan fingerprint density at radius 3 is 2.45 bits per heavy atom. The van der Waals surface area contributed by atoms with E-state index in [1.165, 1.54) is 0 Å². The molecule has 1 amide bonds. The lowest BCUT2D eigenvalue weighted by Gasteiger charge is -2.25. The summed E-state index contributed by atoms with van der Waals surface area (Å²) in [4.78, 5) is 15.5. The van der Waals surface area contributed by atoms with E-state index in [0.717, 1.165) is 45.5 Å². The zero-order valence-electron chi connectivity index (χ0n) is 17.1. The van der Waals surface area contributed by atoms with Crippen molar-refractivity contribution in [2.75, 3.05) is 12.3 Å². The lowest BCUT2D eigenvalue weighted by atomic mass is 10.0. The third kappa shape index (κ3) is 4.17. The molecule has 0 radical (unpaired) electrons. The Morgan fingerprint density at radius 1 is 0.871 bits per heavy atom. The predicted octanol–water partition coefficient (Wildman–Crippen LogP) is 6.31. The van der Waals surface area contributed by atoms with Crippen molar-refractivity contribution in [2.24, 2.45) is 0 Å². The monoisotopic (exact) mass is 425 g/mol.